The van der Waals surface area contributed by atoms with Crippen LogP contribution in [-0.4, -0.2) is 43.8 Å². The number of rotatable bonds is 5. The summed E-state index contributed by atoms with van der Waals surface area (Å²) in [7, 11) is 0. The third-order valence-corrected chi connectivity index (χ3v) is 3.63. The first-order valence-electron chi connectivity index (χ1n) is 6.62. The molecule has 0 bridgehead atoms. The molecule has 4 heteroatoms. The van der Waals surface area contributed by atoms with Crippen LogP contribution in [0.25, 0.3) is 0 Å². The molecule has 100 valence electrons. The van der Waals surface area contributed by atoms with E-state index in [4.69, 9.17) is 16.3 Å². The standard InChI is InChI=1S/C14H21ClN2O/c1-2-12-11-17(9-10-18-12)8-7-16-14-6-4-3-5-13(14)15/h3-6,12,16H,2,7-11H2,1H3. The van der Waals surface area contributed by atoms with Crippen molar-refractivity contribution >= 4 is 17.3 Å². The topological polar surface area (TPSA) is 24.5 Å². The van der Waals surface area contributed by atoms with Crippen molar-refractivity contribution in [1.82, 2.24) is 4.90 Å². The molecule has 1 atom stereocenters. The Bertz CT molecular complexity index is 373. The maximum atomic E-state index is 6.10. The highest BCUT2D eigenvalue weighted by atomic mass is 35.5. The van der Waals surface area contributed by atoms with Crippen LogP contribution < -0.4 is 5.32 Å². The second kappa shape index (κ2) is 6.98. The van der Waals surface area contributed by atoms with Gasteiger partial charge in [-0.05, 0) is 18.6 Å². The van der Waals surface area contributed by atoms with Gasteiger partial charge in [-0.3, -0.25) is 4.90 Å². The minimum absolute atomic E-state index is 0.402. The fraction of sp³-hybridized carbons (Fsp3) is 0.571. The Morgan fingerprint density at radius 1 is 1.44 bits per heavy atom. The van der Waals surface area contributed by atoms with E-state index < -0.39 is 0 Å². The molecule has 1 aromatic carbocycles. The van der Waals surface area contributed by atoms with E-state index in [1.54, 1.807) is 0 Å². The van der Waals surface area contributed by atoms with Crippen molar-refractivity contribution < 1.29 is 4.74 Å². The number of benzene rings is 1. The first-order chi connectivity index (χ1) is 8.79. The molecule has 1 unspecified atom stereocenters. The Morgan fingerprint density at radius 2 is 2.28 bits per heavy atom. The van der Waals surface area contributed by atoms with Crippen LogP contribution in [0.15, 0.2) is 24.3 Å². The predicted octanol–water partition coefficient (Wildman–Crippen LogP) is 2.86. The van der Waals surface area contributed by atoms with Gasteiger partial charge >= 0.3 is 0 Å². The number of hydrogen-bond acceptors (Lipinski definition) is 3. The maximum absolute atomic E-state index is 6.10. The van der Waals surface area contributed by atoms with Gasteiger partial charge in [0.25, 0.3) is 0 Å². The number of halogens is 1. The third kappa shape index (κ3) is 3.87. The number of hydrogen-bond donors (Lipinski definition) is 1. The Morgan fingerprint density at radius 3 is 3.06 bits per heavy atom. The smallest absolute Gasteiger partial charge is 0.0700 e. The molecule has 1 saturated heterocycles. The van der Waals surface area contributed by atoms with Gasteiger partial charge in [-0.15, -0.1) is 0 Å². The summed E-state index contributed by atoms with van der Waals surface area (Å²) in [4.78, 5) is 2.45. The van der Waals surface area contributed by atoms with Crippen LogP contribution in [-0.2, 0) is 4.74 Å². The summed E-state index contributed by atoms with van der Waals surface area (Å²) < 4.78 is 5.66. The highest BCUT2D eigenvalue weighted by molar-refractivity contribution is 6.33. The molecule has 1 aromatic rings. The molecule has 0 amide bonds. The van der Waals surface area contributed by atoms with Crippen molar-refractivity contribution in [3.8, 4) is 0 Å². The lowest BCUT2D eigenvalue weighted by Crippen LogP contribution is -2.43. The average Bonchev–Trinajstić information content (AvgIpc) is 2.41. The Balaban J connectivity index is 1.73. The minimum Gasteiger partial charge on any atom is -0.383 e. The average molecular weight is 269 g/mol. The van der Waals surface area contributed by atoms with Gasteiger partial charge in [0, 0.05) is 26.2 Å². The quantitative estimate of drug-likeness (QED) is 0.889. The fourth-order valence-electron chi connectivity index (χ4n) is 2.18. The van der Waals surface area contributed by atoms with Crippen LogP contribution in [0.5, 0.6) is 0 Å². The normalized spacial score (nSPS) is 20.9. The number of nitrogens with one attached hydrogen (secondary N) is 1. The monoisotopic (exact) mass is 268 g/mol. The molecule has 1 aliphatic rings. The van der Waals surface area contributed by atoms with Gasteiger partial charge < -0.3 is 10.1 Å². The molecule has 0 spiro atoms. The summed E-state index contributed by atoms with van der Waals surface area (Å²) in [5.41, 5.74) is 1.01. The summed E-state index contributed by atoms with van der Waals surface area (Å²) in [6.07, 6.45) is 1.49. The van der Waals surface area contributed by atoms with Crippen molar-refractivity contribution in [2.24, 2.45) is 0 Å². The van der Waals surface area contributed by atoms with E-state index in [2.05, 4.69) is 17.1 Å². The second-order valence-electron chi connectivity index (χ2n) is 4.61. The molecule has 18 heavy (non-hydrogen) atoms. The summed E-state index contributed by atoms with van der Waals surface area (Å²) >= 11 is 6.10. The summed E-state index contributed by atoms with van der Waals surface area (Å²) in [6, 6.07) is 7.86. The van der Waals surface area contributed by atoms with E-state index in [0.29, 0.717) is 6.10 Å². The number of nitrogens with zero attached hydrogens (tertiary/aromatic N) is 1. The van der Waals surface area contributed by atoms with Crippen molar-refractivity contribution in [1.29, 1.82) is 0 Å². The summed E-state index contributed by atoms with van der Waals surface area (Å²) in [6.45, 7) is 7.05. The first-order valence-corrected chi connectivity index (χ1v) is 6.99. The SMILES string of the molecule is CCC1CN(CCNc2ccccc2Cl)CCO1. The zero-order chi connectivity index (χ0) is 12.8. The molecule has 0 aromatic heterocycles. The van der Waals surface area contributed by atoms with Crippen LogP contribution in [0.3, 0.4) is 0 Å². The number of morpholine rings is 1. The van der Waals surface area contributed by atoms with E-state index in [1.165, 1.54) is 0 Å². The lowest BCUT2D eigenvalue weighted by molar-refractivity contribution is -0.0282. The van der Waals surface area contributed by atoms with Gasteiger partial charge in [0.05, 0.1) is 23.4 Å². The van der Waals surface area contributed by atoms with E-state index in [1.807, 2.05) is 24.3 Å². The van der Waals surface area contributed by atoms with Crippen LogP contribution in [0.2, 0.25) is 5.02 Å². The van der Waals surface area contributed by atoms with Gasteiger partial charge in [-0.1, -0.05) is 30.7 Å². The van der Waals surface area contributed by atoms with E-state index >= 15 is 0 Å². The molecule has 2 rings (SSSR count). The van der Waals surface area contributed by atoms with Crippen LogP contribution in [0, 0.1) is 0 Å². The van der Waals surface area contributed by atoms with E-state index in [9.17, 15) is 0 Å². The van der Waals surface area contributed by atoms with Gasteiger partial charge in [0.1, 0.15) is 0 Å². The van der Waals surface area contributed by atoms with Crippen molar-refractivity contribution in [3.05, 3.63) is 29.3 Å². The zero-order valence-electron chi connectivity index (χ0n) is 10.9. The maximum Gasteiger partial charge on any atom is 0.0700 e. The number of para-hydroxylation sites is 1. The third-order valence-electron chi connectivity index (χ3n) is 3.30. The predicted molar refractivity (Wildman–Crippen MR) is 76.4 cm³/mol. The molecule has 1 aliphatic heterocycles. The second-order valence-corrected chi connectivity index (χ2v) is 5.02. The zero-order valence-corrected chi connectivity index (χ0v) is 11.6. The minimum atomic E-state index is 0.402. The molecule has 0 saturated carbocycles. The van der Waals surface area contributed by atoms with Gasteiger partial charge in [0.2, 0.25) is 0 Å². The lowest BCUT2D eigenvalue weighted by Gasteiger charge is -2.32. The summed E-state index contributed by atoms with van der Waals surface area (Å²) in [5, 5.41) is 4.16. The highest BCUT2D eigenvalue weighted by Gasteiger charge is 2.18. The molecule has 1 N–H and O–H groups in total. The molecule has 1 heterocycles. The van der Waals surface area contributed by atoms with Crippen molar-refractivity contribution in [2.75, 3.05) is 38.1 Å². The van der Waals surface area contributed by atoms with Crippen LogP contribution in [0.1, 0.15) is 13.3 Å². The molecular formula is C14H21ClN2O. The van der Waals surface area contributed by atoms with E-state index in [-0.39, 0.29) is 0 Å². The molecular weight excluding hydrogens is 248 g/mol. The molecule has 0 radical (unpaired) electrons. The van der Waals surface area contributed by atoms with Gasteiger partial charge in [0.15, 0.2) is 0 Å². The van der Waals surface area contributed by atoms with Crippen molar-refractivity contribution in [3.63, 3.8) is 0 Å². The van der Waals surface area contributed by atoms with Gasteiger partial charge in [-0.25, -0.2) is 0 Å². The molecule has 0 aliphatic carbocycles. The van der Waals surface area contributed by atoms with Crippen LogP contribution in [0.4, 0.5) is 5.69 Å². The van der Waals surface area contributed by atoms with Gasteiger partial charge in [-0.2, -0.15) is 0 Å². The fourth-order valence-corrected chi connectivity index (χ4v) is 2.39. The van der Waals surface area contributed by atoms with E-state index in [0.717, 1.165) is 49.9 Å². The summed E-state index contributed by atoms with van der Waals surface area (Å²) in [5.74, 6) is 0. The Hall–Kier alpha value is -0.770. The largest absolute Gasteiger partial charge is 0.383 e. The Labute approximate surface area is 114 Å². The first kappa shape index (κ1) is 13.7. The molecule has 3 nitrogen and oxygen atoms in total. The highest BCUT2D eigenvalue weighted by Crippen LogP contribution is 2.20. The van der Waals surface area contributed by atoms with Crippen molar-refractivity contribution in [2.45, 2.75) is 19.4 Å². The lowest BCUT2D eigenvalue weighted by atomic mass is 10.2. The number of anilines is 1. The Kier molecular flexibility index (Phi) is 5.29. The molecule has 1 fully saturated rings. The number of ether oxygens (including phenoxy) is 1. The van der Waals surface area contributed by atoms with Crippen LogP contribution >= 0.6 is 11.6 Å².